The van der Waals surface area contributed by atoms with Gasteiger partial charge in [0.25, 0.3) is 0 Å². The molecule has 1 amide bonds. The van der Waals surface area contributed by atoms with Crippen LogP contribution < -0.4 is 16.4 Å². The molecule has 0 unspecified atom stereocenters. The Hall–Kier alpha value is -2.35. The highest BCUT2D eigenvalue weighted by atomic mass is 32.2. The molecule has 2 rings (SSSR count). The van der Waals surface area contributed by atoms with Crippen molar-refractivity contribution in [1.29, 1.82) is 0 Å². The maximum Gasteiger partial charge on any atom is 0.248 e. The molecule has 4 N–H and O–H groups in total. The molecular weight excluding hydrogens is 300 g/mol. The first-order valence-corrected chi connectivity index (χ1v) is 7.75. The summed E-state index contributed by atoms with van der Waals surface area (Å²) in [6.07, 6.45) is 0. The van der Waals surface area contributed by atoms with E-state index in [0.717, 1.165) is 11.3 Å². The van der Waals surface area contributed by atoms with Crippen molar-refractivity contribution >= 4 is 29.6 Å². The fourth-order valence-electron chi connectivity index (χ4n) is 1.72. The fraction of sp³-hybridized carbons (Fsp3) is 0.286. The smallest absolute Gasteiger partial charge is 0.248 e. The van der Waals surface area contributed by atoms with Crippen LogP contribution in [0.4, 0.5) is 11.9 Å². The maximum atomic E-state index is 11.0. The Morgan fingerprint density at radius 2 is 1.82 bits per heavy atom. The van der Waals surface area contributed by atoms with Crippen molar-refractivity contribution in [1.82, 2.24) is 15.0 Å². The molecule has 0 aliphatic carbocycles. The van der Waals surface area contributed by atoms with Gasteiger partial charge in [0.2, 0.25) is 17.8 Å². The van der Waals surface area contributed by atoms with Crippen molar-refractivity contribution in [2.45, 2.75) is 11.5 Å². The minimum atomic E-state index is -0.420. The molecule has 0 radical (unpaired) electrons. The van der Waals surface area contributed by atoms with Gasteiger partial charge in [-0.15, -0.1) is 11.8 Å². The summed E-state index contributed by atoms with van der Waals surface area (Å²) < 4.78 is 0. The van der Waals surface area contributed by atoms with Crippen LogP contribution in [0.2, 0.25) is 0 Å². The average Bonchev–Trinajstić information content (AvgIpc) is 2.47. The number of rotatable bonds is 6. The Labute approximate surface area is 133 Å². The summed E-state index contributed by atoms with van der Waals surface area (Å²) in [4.78, 5) is 25.3. The number of amides is 1. The highest BCUT2D eigenvalue weighted by Gasteiger charge is 2.06. The summed E-state index contributed by atoms with van der Waals surface area (Å²) >= 11 is 1.66. The number of nitrogens with zero attached hydrogens (tertiary/aromatic N) is 4. The quantitative estimate of drug-likeness (QED) is 0.819. The van der Waals surface area contributed by atoms with E-state index in [4.69, 9.17) is 11.5 Å². The van der Waals surface area contributed by atoms with Crippen molar-refractivity contribution in [3.05, 3.63) is 41.2 Å². The van der Waals surface area contributed by atoms with Gasteiger partial charge in [-0.2, -0.15) is 15.0 Å². The predicted molar refractivity (Wildman–Crippen MR) is 88.5 cm³/mol. The summed E-state index contributed by atoms with van der Waals surface area (Å²) in [5, 5.41) is 0. The lowest BCUT2D eigenvalue weighted by Gasteiger charge is -2.11. The maximum absolute atomic E-state index is 11.0. The Kier molecular flexibility index (Phi) is 5.16. The van der Waals surface area contributed by atoms with E-state index in [0.29, 0.717) is 23.1 Å². The number of hydrogen-bond donors (Lipinski definition) is 2. The van der Waals surface area contributed by atoms with Crippen molar-refractivity contribution in [2.24, 2.45) is 5.73 Å². The van der Waals surface area contributed by atoms with Crippen LogP contribution in [0.5, 0.6) is 0 Å². The van der Waals surface area contributed by atoms with Crippen molar-refractivity contribution < 1.29 is 4.79 Å². The van der Waals surface area contributed by atoms with Gasteiger partial charge in [-0.1, -0.05) is 12.1 Å². The van der Waals surface area contributed by atoms with Gasteiger partial charge in [0, 0.05) is 25.4 Å². The predicted octanol–water partition coefficient (Wildman–Crippen LogP) is 1.05. The van der Waals surface area contributed by atoms with E-state index in [-0.39, 0.29) is 5.95 Å². The topological polar surface area (TPSA) is 111 Å². The number of nitrogen functional groups attached to an aromatic ring is 1. The second-order valence-corrected chi connectivity index (χ2v) is 5.84. The van der Waals surface area contributed by atoms with E-state index in [1.807, 2.05) is 26.2 Å². The van der Waals surface area contributed by atoms with Crippen LogP contribution in [-0.2, 0) is 11.5 Å². The molecule has 1 aromatic carbocycles. The van der Waals surface area contributed by atoms with Gasteiger partial charge in [0.1, 0.15) is 5.82 Å². The minimum Gasteiger partial charge on any atom is -0.368 e. The molecule has 1 aromatic heterocycles. The van der Waals surface area contributed by atoms with Crippen molar-refractivity contribution in [3.63, 3.8) is 0 Å². The molecule has 0 bridgehead atoms. The van der Waals surface area contributed by atoms with Crippen LogP contribution in [0.3, 0.4) is 0 Å². The van der Waals surface area contributed by atoms with Crippen molar-refractivity contribution in [3.8, 4) is 0 Å². The second-order valence-electron chi connectivity index (χ2n) is 4.86. The molecule has 0 aliphatic rings. The van der Waals surface area contributed by atoms with E-state index in [1.165, 1.54) is 0 Å². The summed E-state index contributed by atoms with van der Waals surface area (Å²) in [6.45, 7) is 0. The molecule has 22 heavy (non-hydrogen) atoms. The zero-order chi connectivity index (χ0) is 16.1. The molecule has 0 saturated heterocycles. The van der Waals surface area contributed by atoms with E-state index in [1.54, 1.807) is 28.8 Å². The summed E-state index contributed by atoms with van der Waals surface area (Å²) in [6, 6.07) is 7.23. The van der Waals surface area contributed by atoms with Gasteiger partial charge < -0.3 is 16.4 Å². The molecule has 0 aliphatic heterocycles. The van der Waals surface area contributed by atoms with Crippen LogP contribution in [0.15, 0.2) is 24.3 Å². The average molecular weight is 318 g/mol. The van der Waals surface area contributed by atoms with E-state index in [9.17, 15) is 4.79 Å². The highest BCUT2D eigenvalue weighted by molar-refractivity contribution is 7.97. The van der Waals surface area contributed by atoms with Gasteiger partial charge >= 0.3 is 0 Å². The monoisotopic (exact) mass is 318 g/mol. The zero-order valence-electron chi connectivity index (χ0n) is 12.5. The number of carbonyl (C=O) groups excluding carboxylic acids is 1. The highest BCUT2D eigenvalue weighted by Crippen LogP contribution is 2.18. The Bertz CT molecular complexity index is 659. The summed E-state index contributed by atoms with van der Waals surface area (Å²) in [7, 11) is 3.71. The number of carbonyl (C=O) groups is 1. The van der Waals surface area contributed by atoms with E-state index >= 15 is 0 Å². The van der Waals surface area contributed by atoms with Crippen molar-refractivity contribution in [2.75, 3.05) is 24.7 Å². The first-order valence-electron chi connectivity index (χ1n) is 6.60. The lowest BCUT2D eigenvalue weighted by atomic mass is 10.1. The van der Waals surface area contributed by atoms with Gasteiger partial charge in [-0.25, -0.2) is 0 Å². The van der Waals surface area contributed by atoms with Crippen LogP contribution in [-0.4, -0.2) is 35.0 Å². The van der Waals surface area contributed by atoms with E-state index < -0.39 is 5.91 Å². The standard InChI is InChI=1S/C14H18N6OS/c1-20(2)14-18-11(17-13(16)19-14)8-22-7-9-3-5-10(6-4-9)12(15)21/h3-6H,7-8H2,1-2H3,(H2,15,21)(H2,16,17,18,19). The lowest BCUT2D eigenvalue weighted by molar-refractivity contribution is 0.100. The largest absolute Gasteiger partial charge is 0.368 e. The molecule has 1 heterocycles. The van der Waals surface area contributed by atoms with Crippen LogP contribution >= 0.6 is 11.8 Å². The second kappa shape index (κ2) is 7.08. The number of primary amides is 1. The SMILES string of the molecule is CN(C)c1nc(N)nc(CSCc2ccc(C(N)=O)cc2)n1. The summed E-state index contributed by atoms with van der Waals surface area (Å²) in [5.74, 6) is 2.41. The number of anilines is 2. The number of benzene rings is 1. The zero-order valence-corrected chi connectivity index (χ0v) is 13.3. The molecule has 8 heteroatoms. The number of thioether (sulfide) groups is 1. The van der Waals surface area contributed by atoms with Gasteiger partial charge in [0.15, 0.2) is 0 Å². The molecule has 0 saturated carbocycles. The number of hydrogen-bond acceptors (Lipinski definition) is 7. The third-order valence-corrected chi connectivity index (χ3v) is 3.83. The molecule has 0 spiro atoms. The van der Waals surface area contributed by atoms with Gasteiger partial charge in [-0.3, -0.25) is 4.79 Å². The van der Waals surface area contributed by atoms with Crippen LogP contribution in [0.25, 0.3) is 0 Å². The van der Waals surface area contributed by atoms with Crippen LogP contribution in [0.1, 0.15) is 21.7 Å². The molecule has 0 fully saturated rings. The fourth-order valence-corrected chi connectivity index (χ4v) is 2.56. The lowest BCUT2D eigenvalue weighted by Crippen LogP contribution is -2.15. The van der Waals surface area contributed by atoms with E-state index in [2.05, 4.69) is 15.0 Å². The Balaban J connectivity index is 1.94. The molecular formula is C14H18N6OS. The normalized spacial score (nSPS) is 10.5. The first-order chi connectivity index (χ1) is 10.5. The minimum absolute atomic E-state index is 0.222. The Morgan fingerprint density at radius 1 is 1.14 bits per heavy atom. The molecule has 116 valence electrons. The van der Waals surface area contributed by atoms with Gasteiger partial charge in [-0.05, 0) is 17.7 Å². The number of aromatic nitrogens is 3. The van der Waals surface area contributed by atoms with Gasteiger partial charge in [0.05, 0.1) is 5.75 Å². The number of nitrogens with two attached hydrogens (primary N) is 2. The van der Waals surface area contributed by atoms with Crippen LogP contribution in [0, 0.1) is 0 Å². The third kappa shape index (κ3) is 4.32. The molecule has 0 atom stereocenters. The summed E-state index contributed by atoms with van der Waals surface area (Å²) in [5.41, 5.74) is 12.5. The Morgan fingerprint density at radius 3 is 2.41 bits per heavy atom. The molecule has 2 aromatic rings. The molecule has 7 nitrogen and oxygen atoms in total. The first kappa shape index (κ1) is 16.0. The third-order valence-electron chi connectivity index (χ3n) is 2.83.